The lowest BCUT2D eigenvalue weighted by Crippen LogP contribution is -2.12. The van der Waals surface area contributed by atoms with Gasteiger partial charge in [-0.15, -0.1) is 0 Å². The van der Waals surface area contributed by atoms with E-state index in [1.54, 1.807) is 18.2 Å². The molecule has 0 heterocycles. The molecule has 0 saturated heterocycles. The second-order valence-electron chi connectivity index (χ2n) is 4.16. The first kappa shape index (κ1) is 13.7. The van der Waals surface area contributed by atoms with Crippen molar-refractivity contribution in [2.75, 3.05) is 6.61 Å². The number of carbonyl (C=O) groups is 1. The molecule has 2 nitrogen and oxygen atoms in total. The van der Waals surface area contributed by atoms with Gasteiger partial charge in [-0.05, 0) is 31.2 Å². The number of carbonyl (C=O) groups excluding carboxylic acids is 1. The zero-order chi connectivity index (χ0) is 13.8. The molecule has 2 aromatic rings. The molecule has 0 aromatic heterocycles. The lowest BCUT2D eigenvalue weighted by atomic mass is 10.1. The highest BCUT2D eigenvalue weighted by atomic mass is 79.9. The fourth-order valence-electron chi connectivity index (χ4n) is 1.63. The lowest BCUT2D eigenvalue weighted by Gasteiger charge is -2.07. The third kappa shape index (κ3) is 3.64. The van der Waals surface area contributed by atoms with Gasteiger partial charge < -0.3 is 4.74 Å². The van der Waals surface area contributed by atoms with Gasteiger partial charge in [0.15, 0.2) is 24.0 Å². The Labute approximate surface area is 119 Å². The molecule has 2 rings (SSSR count). The van der Waals surface area contributed by atoms with Crippen molar-refractivity contribution in [3.05, 3.63) is 63.9 Å². The van der Waals surface area contributed by atoms with Crippen LogP contribution in [0.25, 0.3) is 0 Å². The minimum absolute atomic E-state index is 0.0652. The highest BCUT2D eigenvalue weighted by Gasteiger charge is 2.09. The minimum atomic E-state index is -0.486. The maximum atomic E-state index is 13.4. The molecule has 4 heteroatoms. The van der Waals surface area contributed by atoms with Gasteiger partial charge in [0.05, 0.1) is 0 Å². The summed E-state index contributed by atoms with van der Waals surface area (Å²) in [6.45, 7) is 1.72. The van der Waals surface area contributed by atoms with Crippen molar-refractivity contribution >= 4 is 21.7 Å². The molecule has 0 atom stereocenters. The maximum absolute atomic E-state index is 13.4. The van der Waals surface area contributed by atoms with Crippen LogP contribution in [-0.2, 0) is 0 Å². The monoisotopic (exact) mass is 322 g/mol. The van der Waals surface area contributed by atoms with Gasteiger partial charge in [0.25, 0.3) is 0 Å². The van der Waals surface area contributed by atoms with Gasteiger partial charge in [-0.1, -0.05) is 39.7 Å². The zero-order valence-corrected chi connectivity index (χ0v) is 11.9. The zero-order valence-electron chi connectivity index (χ0n) is 10.3. The number of rotatable bonds is 4. The van der Waals surface area contributed by atoms with Crippen molar-refractivity contribution in [2.45, 2.75) is 6.92 Å². The molecule has 0 amide bonds. The maximum Gasteiger partial charge on any atom is 0.200 e. The van der Waals surface area contributed by atoms with Crippen LogP contribution in [0.15, 0.2) is 46.9 Å². The summed E-state index contributed by atoms with van der Waals surface area (Å²) in [5.41, 5.74) is 1.56. The smallest absolute Gasteiger partial charge is 0.200 e. The second kappa shape index (κ2) is 5.97. The van der Waals surface area contributed by atoms with Gasteiger partial charge >= 0.3 is 0 Å². The van der Waals surface area contributed by atoms with Crippen LogP contribution in [0.3, 0.4) is 0 Å². The van der Waals surface area contributed by atoms with Crippen LogP contribution in [0.4, 0.5) is 4.39 Å². The standard InChI is InChI=1S/C15H12BrFO2/c1-10-3-2-4-11(7-10)14(18)9-19-15-8-12(16)5-6-13(15)17/h2-8H,9H2,1H3. The van der Waals surface area contributed by atoms with Crippen molar-refractivity contribution in [3.63, 3.8) is 0 Å². The van der Waals surface area contributed by atoms with Crippen molar-refractivity contribution in [1.82, 2.24) is 0 Å². The summed E-state index contributed by atoms with van der Waals surface area (Å²) in [7, 11) is 0. The average Bonchev–Trinajstić information content (AvgIpc) is 2.39. The summed E-state index contributed by atoms with van der Waals surface area (Å²) in [6, 6.07) is 11.6. The fraction of sp³-hybridized carbons (Fsp3) is 0.133. The number of ether oxygens (including phenoxy) is 1. The summed E-state index contributed by atoms with van der Waals surface area (Å²) >= 11 is 3.23. The van der Waals surface area contributed by atoms with E-state index in [4.69, 9.17) is 4.74 Å². The summed E-state index contributed by atoms with van der Waals surface area (Å²) in [6.07, 6.45) is 0. The second-order valence-corrected chi connectivity index (χ2v) is 5.07. The predicted octanol–water partition coefficient (Wildman–Crippen LogP) is 4.16. The fourth-order valence-corrected chi connectivity index (χ4v) is 1.97. The number of benzene rings is 2. The lowest BCUT2D eigenvalue weighted by molar-refractivity contribution is 0.0918. The Kier molecular flexibility index (Phi) is 4.32. The molecular formula is C15H12BrFO2. The van der Waals surface area contributed by atoms with Crippen LogP contribution in [0.1, 0.15) is 15.9 Å². The molecule has 0 radical (unpaired) electrons. The Morgan fingerprint density at radius 3 is 2.79 bits per heavy atom. The highest BCUT2D eigenvalue weighted by molar-refractivity contribution is 9.10. The minimum Gasteiger partial charge on any atom is -0.482 e. The number of hydrogen-bond donors (Lipinski definition) is 0. The van der Waals surface area contributed by atoms with Crippen LogP contribution in [0.5, 0.6) is 5.75 Å². The molecule has 0 aliphatic rings. The Morgan fingerprint density at radius 1 is 1.26 bits per heavy atom. The van der Waals surface area contributed by atoms with E-state index in [1.165, 1.54) is 12.1 Å². The van der Waals surface area contributed by atoms with Crippen molar-refractivity contribution in [3.8, 4) is 5.75 Å². The van der Waals surface area contributed by atoms with Gasteiger partial charge in [0.1, 0.15) is 0 Å². The molecule has 19 heavy (non-hydrogen) atoms. The first-order chi connectivity index (χ1) is 9.06. The first-order valence-corrected chi connectivity index (χ1v) is 6.53. The van der Waals surface area contributed by atoms with E-state index in [0.29, 0.717) is 10.0 Å². The normalized spacial score (nSPS) is 10.3. The molecule has 2 aromatic carbocycles. The van der Waals surface area contributed by atoms with E-state index in [1.807, 2.05) is 19.1 Å². The third-order valence-corrected chi connectivity index (χ3v) is 3.09. The molecule has 0 saturated carbocycles. The summed E-state index contributed by atoms with van der Waals surface area (Å²) in [5, 5.41) is 0. The SMILES string of the molecule is Cc1cccc(C(=O)COc2cc(Br)ccc2F)c1. The molecule has 0 spiro atoms. The molecule has 0 fully saturated rings. The summed E-state index contributed by atoms with van der Waals surface area (Å²) in [5.74, 6) is -0.598. The largest absolute Gasteiger partial charge is 0.482 e. The number of hydrogen-bond acceptors (Lipinski definition) is 2. The molecule has 0 aliphatic heterocycles. The van der Waals surface area contributed by atoms with Crippen LogP contribution < -0.4 is 4.74 Å². The molecular weight excluding hydrogens is 311 g/mol. The van der Waals surface area contributed by atoms with Crippen molar-refractivity contribution in [2.24, 2.45) is 0 Å². The van der Waals surface area contributed by atoms with E-state index in [9.17, 15) is 9.18 Å². The molecule has 0 bridgehead atoms. The van der Waals surface area contributed by atoms with E-state index in [0.717, 1.165) is 5.56 Å². The van der Waals surface area contributed by atoms with Gasteiger partial charge in [-0.2, -0.15) is 0 Å². The van der Waals surface area contributed by atoms with E-state index >= 15 is 0 Å². The van der Waals surface area contributed by atoms with Crippen LogP contribution >= 0.6 is 15.9 Å². The average molecular weight is 323 g/mol. The van der Waals surface area contributed by atoms with Gasteiger partial charge in [0.2, 0.25) is 0 Å². The number of halogens is 2. The number of aryl methyl sites for hydroxylation is 1. The Bertz CT molecular complexity index is 611. The quantitative estimate of drug-likeness (QED) is 0.790. The van der Waals surface area contributed by atoms with E-state index in [-0.39, 0.29) is 18.1 Å². The van der Waals surface area contributed by atoms with E-state index in [2.05, 4.69) is 15.9 Å². The van der Waals surface area contributed by atoms with Gasteiger partial charge in [-0.25, -0.2) is 4.39 Å². The van der Waals surface area contributed by atoms with Crippen LogP contribution in [0.2, 0.25) is 0 Å². The Balaban J connectivity index is 2.06. The van der Waals surface area contributed by atoms with Crippen LogP contribution in [0, 0.1) is 12.7 Å². The van der Waals surface area contributed by atoms with Crippen molar-refractivity contribution < 1.29 is 13.9 Å². The van der Waals surface area contributed by atoms with Crippen molar-refractivity contribution in [1.29, 1.82) is 0 Å². The number of Topliss-reactive ketones (excluding diaryl/α,β-unsaturated/α-hetero) is 1. The summed E-state index contributed by atoms with van der Waals surface area (Å²) in [4.78, 5) is 11.9. The van der Waals surface area contributed by atoms with E-state index < -0.39 is 5.82 Å². The highest BCUT2D eigenvalue weighted by Crippen LogP contribution is 2.22. The Hall–Kier alpha value is -1.68. The molecule has 98 valence electrons. The predicted molar refractivity (Wildman–Crippen MR) is 75.1 cm³/mol. The van der Waals surface area contributed by atoms with Crippen LogP contribution in [-0.4, -0.2) is 12.4 Å². The molecule has 0 unspecified atom stereocenters. The van der Waals surface area contributed by atoms with Gasteiger partial charge in [0, 0.05) is 10.0 Å². The Morgan fingerprint density at radius 2 is 2.05 bits per heavy atom. The first-order valence-electron chi connectivity index (χ1n) is 5.74. The third-order valence-electron chi connectivity index (χ3n) is 2.59. The van der Waals surface area contributed by atoms with Gasteiger partial charge in [-0.3, -0.25) is 4.79 Å². The molecule has 0 aliphatic carbocycles. The summed E-state index contributed by atoms with van der Waals surface area (Å²) < 4.78 is 19.3. The number of ketones is 1. The topological polar surface area (TPSA) is 26.3 Å². The molecule has 0 N–H and O–H groups in total.